The first kappa shape index (κ1) is 13.8. The normalized spacial score (nSPS) is 20.6. The Balaban J connectivity index is 1.81. The van der Waals surface area contributed by atoms with Crippen LogP contribution in [0.25, 0.3) is 0 Å². The molecule has 0 aromatic carbocycles. The quantitative estimate of drug-likeness (QED) is 0.796. The second kappa shape index (κ2) is 6.55. The Morgan fingerprint density at radius 3 is 2.40 bits per heavy atom. The summed E-state index contributed by atoms with van der Waals surface area (Å²) in [7, 11) is 0. The molecule has 1 N–H and O–H groups in total. The molecule has 0 saturated heterocycles. The predicted molar refractivity (Wildman–Crippen MR) is 83.2 cm³/mol. The second-order valence-corrected chi connectivity index (χ2v) is 6.43. The fourth-order valence-corrected chi connectivity index (χ4v) is 3.14. The van der Waals surface area contributed by atoms with Crippen LogP contribution in [-0.2, 0) is 0 Å². The minimum absolute atomic E-state index is 0.596. The van der Waals surface area contributed by atoms with E-state index in [1.54, 1.807) is 0 Å². The summed E-state index contributed by atoms with van der Waals surface area (Å²) in [5.41, 5.74) is 1.29. The van der Waals surface area contributed by atoms with Crippen molar-refractivity contribution in [1.29, 1.82) is 0 Å². The Hall–Kier alpha value is -1.12. The molecule has 2 aliphatic rings. The zero-order valence-corrected chi connectivity index (χ0v) is 12.7. The number of nitrogens with zero attached hydrogens (tertiary/aromatic N) is 2. The number of nitrogens with one attached hydrogen (secondary N) is 1. The van der Waals surface area contributed by atoms with Crippen LogP contribution in [-0.4, -0.2) is 16.5 Å². The zero-order valence-electron chi connectivity index (χ0n) is 12.7. The Labute approximate surface area is 122 Å². The smallest absolute Gasteiger partial charge is 0.134 e. The first-order valence-electron chi connectivity index (χ1n) is 8.49. The summed E-state index contributed by atoms with van der Waals surface area (Å²) in [6, 6.07) is 2.19. The molecule has 110 valence electrons. The molecule has 0 amide bonds. The second-order valence-electron chi connectivity index (χ2n) is 6.43. The van der Waals surface area contributed by atoms with Gasteiger partial charge in [0, 0.05) is 30.1 Å². The highest BCUT2D eigenvalue weighted by Gasteiger charge is 2.27. The van der Waals surface area contributed by atoms with E-state index in [4.69, 9.17) is 9.97 Å². The summed E-state index contributed by atoms with van der Waals surface area (Å²) in [6.07, 6.45) is 11.8. The predicted octanol–water partition coefficient (Wildman–Crippen LogP) is 4.61. The molecule has 0 atom stereocenters. The van der Waals surface area contributed by atoms with Gasteiger partial charge in [0.25, 0.3) is 0 Å². The van der Waals surface area contributed by atoms with Crippen molar-refractivity contribution in [3.8, 4) is 0 Å². The standard InChI is InChI=1S/C17H27N3/c1-2-11-18-16-12-15(13-9-10-13)19-17(20-16)14-7-5-3-4-6-8-14/h12-14H,2-11H2,1H3,(H,18,19,20). The highest BCUT2D eigenvalue weighted by atomic mass is 15.0. The van der Waals surface area contributed by atoms with Gasteiger partial charge in [-0.1, -0.05) is 32.6 Å². The number of aromatic nitrogens is 2. The van der Waals surface area contributed by atoms with Crippen LogP contribution in [0.15, 0.2) is 6.07 Å². The first-order valence-corrected chi connectivity index (χ1v) is 8.49. The lowest BCUT2D eigenvalue weighted by Crippen LogP contribution is -2.10. The molecule has 0 spiro atoms. The molecular formula is C17H27N3. The maximum Gasteiger partial charge on any atom is 0.134 e. The molecule has 0 unspecified atom stereocenters. The SMILES string of the molecule is CCCNc1cc(C2CC2)nc(C2CCCCCC2)n1. The average molecular weight is 273 g/mol. The monoisotopic (exact) mass is 273 g/mol. The minimum atomic E-state index is 0.596. The van der Waals surface area contributed by atoms with Crippen molar-refractivity contribution in [3.05, 3.63) is 17.6 Å². The summed E-state index contributed by atoms with van der Waals surface area (Å²) in [5.74, 6) is 3.49. The summed E-state index contributed by atoms with van der Waals surface area (Å²) in [6.45, 7) is 3.20. The number of hydrogen-bond acceptors (Lipinski definition) is 3. The van der Waals surface area contributed by atoms with Gasteiger partial charge in [-0.05, 0) is 32.1 Å². The molecular weight excluding hydrogens is 246 g/mol. The van der Waals surface area contributed by atoms with Crippen molar-refractivity contribution in [3.63, 3.8) is 0 Å². The summed E-state index contributed by atoms with van der Waals surface area (Å²) < 4.78 is 0. The third-order valence-electron chi connectivity index (χ3n) is 4.54. The number of hydrogen-bond donors (Lipinski definition) is 1. The molecule has 3 nitrogen and oxygen atoms in total. The van der Waals surface area contributed by atoms with E-state index in [0.29, 0.717) is 11.8 Å². The highest BCUT2D eigenvalue weighted by Crippen LogP contribution is 2.40. The Morgan fingerprint density at radius 2 is 1.75 bits per heavy atom. The molecule has 3 rings (SSSR count). The van der Waals surface area contributed by atoms with Gasteiger partial charge in [0.05, 0.1) is 0 Å². The maximum atomic E-state index is 4.92. The van der Waals surface area contributed by atoms with E-state index in [-0.39, 0.29) is 0 Å². The van der Waals surface area contributed by atoms with Crippen molar-refractivity contribution in [2.45, 2.75) is 76.5 Å². The first-order chi connectivity index (χ1) is 9.86. The fourth-order valence-electron chi connectivity index (χ4n) is 3.14. The van der Waals surface area contributed by atoms with Crippen LogP contribution in [0.5, 0.6) is 0 Å². The van der Waals surface area contributed by atoms with Gasteiger partial charge in [0.1, 0.15) is 11.6 Å². The van der Waals surface area contributed by atoms with Crippen molar-refractivity contribution < 1.29 is 0 Å². The van der Waals surface area contributed by atoms with Gasteiger partial charge in [-0.3, -0.25) is 0 Å². The topological polar surface area (TPSA) is 37.8 Å². The minimum Gasteiger partial charge on any atom is -0.370 e. The number of anilines is 1. The average Bonchev–Trinajstić information content (AvgIpc) is 3.30. The molecule has 20 heavy (non-hydrogen) atoms. The molecule has 2 aliphatic carbocycles. The van der Waals surface area contributed by atoms with Gasteiger partial charge in [-0.2, -0.15) is 0 Å². The van der Waals surface area contributed by atoms with Crippen LogP contribution in [0.1, 0.15) is 88.1 Å². The Bertz CT molecular complexity index is 432. The lowest BCUT2D eigenvalue weighted by atomic mass is 9.99. The van der Waals surface area contributed by atoms with Crippen molar-refractivity contribution in [2.75, 3.05) is 11.9 Å². The van der Waals surface area contributed by atoms with Crippen molar-refractivity contribution in [2.24, 2.45) is 0 Å². The van der Waals surface area contributed by atoms with E-state index in [1.807, 2.05) is 0 Å². The van der Waals surface area contributed by atoms with Crippen molar-refractivity contribution in [1.82, 2.24) is 9.97 Å². The summed E-state index contributed by atoms with van der Waals surface area (Å²) >= 11 is 0. The molecule has 0 aliphatic heterocycles. The van der Waals surface area contributed by atoms with Crippen molar-refractivity contribution >= 4 is 5.82 Å². The maximum absolute atomic E-state index is 4.92. The summed E-state index contributed by atoms with van der Waals surface area (Å²) in [4.78, 5) is 9.74. The van der Waals surface area contributed by atoms with Crippen LogP contribution in [0, 0.1) is 0 Å². The molecule has 1 aromatic rings. The van der Waals surface area contributed by atoms with E-state index >= 15 is 0 Å². The molecule has 2 saturated carbocycles. The van der Waals surface area contributed by atoms with E-state index in [0.717, 1.165) is 24.6 Å². The number of rotatable bonds is 5. The van der Waals surface area contributed by atoms with Crippen LogP contribution in [0.2, 0.25) is 0 Å². The zero-order chi connectivity index (χ0) is 13.8. The molecule has 1 heterocycles. The van der Waals surface area contributed by atoms with Gasteiger partial charge in [-0.25, -0.2) is 9.97 Å². The van der Waals surface area contributed by atoms with Crippen LogP contribution in [0.4, 0.5) is 5.82 Å². The van der Waals surface area contributed by atoms with Crippen LogP contribution >= 0.6 is 0 Å². The van der Waals surface area contributed by atoms with Gasteiger partial charge in [0.15, 0.2) is 0 Å². The van der Waals surface area contributed by atoms with Gasteiger partial charge < -0.3 is 5.32 Å². The highest BCUT2D eigenvalue weighted by molar-refractivity contribution is 5.38. The molecule has 0 radical (unpaired) electrons. The molecule has 0 bridgehead atoms. The van der Waals surface area contributed by atoms with Gasteiger partial charge in [-0.15, -0.1) is 0 Å². The Morgan fingerprint density at radius 1 is 1.00 bits per heavy atom. The van der Waals surface area contributed by atoms with E-state index in [9.17, 15) is 0 Å². The molecule has 2 fully saturated rings. The fraction of sp³-hybridized carbons (Fsp3) is 0.765. The van der Waals surface area contributed by atoms with Crippen LogP contribution < -0.4 is 5.32 Å². The Kier molecular flexibility index (Phi) is 4.54. The third kappa shape index (κ3) is 3.50. The van der Waals surface area contributed by atoms with Gasteiger partial charge >= 0.3 is 0 Å². The van der Waals surface area contributed by atoms with Gasteiger partial charge in [0.2, 0.25) is 0 Å². The van der Waals surface area contributed by atoms with E-state index in [2.05, 4.69) is 18.3 Å². The van der Waals surface area contributed by atoms with E-state index in [1.165, 1.54) is 57.1 Å². The third-order valence-corrected chi connectivity index (χ3v) is 4.54. The largest absolute Gasteiger partial charge is 0.370 e. The molecule has 1 aromatic heterocycles. The van der Waals surface area contributed by atoms with E-state index < -0.39 is 0 Å². The lowest BCUT2D eigenvalue weighted by molar-refractivity contribution is 0.558. The van der Waals surface area contributed by atoms with Crippen LogP contribution in [0.3, 0.4) is 0 Å². The molecule has 3 heteroatoms. The summed E-state index contributed by atoms with van der Waals surface area (Å²) in [5, 5.41) is 3.46. The lowest BCUT2D eigenvalue weighted by Gasteiger charge is -2.15.